The number of carbonyl (C=O) groups is 2. The Morgan fingerprint density at radius 3 is 2.53 bits per heavy atom. The SMILES string of the molecule is CN(CCCC1CC(c2cccc(F)c2)NN1)C(=O)CN(C)C(=O)c1ccccc1. The van der Waals surface area contributed by atoms with Gasteiger partial charge in [0.25, 0.3) is 5.91 Å². The second-order valence-electron chi connectivity index (χ2n) is 7.81. The Bertz CT molecular complexity index is 861. The molecule has 0 radical (unpaired) electrons. The van der Waals surface area contributed by atoms with Gasteiger partial charge in [-0.2, -0.15) is 0 Å². The number of halogens is 1. The van der Waals surface area contributed by atoms with Crippen molar-refractivity contribution in [2.24, 2.45) is 0 Å². The molecule has 1 aliphatic rings. The molecule has 3 rings (SSSR count). The number of amides is 2. The van der Waals surface area contributed by atoms with Crippen molar-refractivity contribution in [1.82, 2.24) is 20.7 Å². The van der Waals surface area contributed by atoms with Gasteiger partial charge in [0, 0.05) is 38.3 Å². The highest BCUT2D eigenvalue weighted by Crippen LogP contribution is 2.24. The molecule has 1 heterocycles. The first kappa shape index (κ1) is 21.9. The molecule has 1 saturated heterocycles. The standard InChI is InChI=1S/C23H29FN4O2/c1-27(22(29)16-28(2)23(30)17-8-4-3-5-9-17)13-7-12-20-15-21(26-25-20)18-10-6-11-19(24)14-18/h3-6,8-11,14,20-21,25-26H,7,12-13,15-16H2,1-2H3. The highest BCUT2D eigenvalue weighted by atomic mass is 19.1. The summed E-state index contributed by atoms with van der Waals surface area (Å²) in [6.07, 6.45) is 2.61. The van der Waals surface area contributed by atoms with Crippen LogP contribution in [0.5, 0.6) is 0 Å². The maximum atomic E-state index is 13.4. The molecule has 2 atom stereocenters. The Balaban J connectivity index is 1.38. The third-order valence-corrected chi connectivity index (χ3v) is 5.44. The minimum atomic E-state index is -0.228. The van der Waals surface area contributed by atoms with E-state index in [1.807, 2.05) is 12.1 Å². The van der Waals surface area contributed by atoms with Crippen molar-refractivity contribution in [1.29, 1.82) is 0 Å². The van der Waals surface area contributed by atoms with Crippen LogP contribution in [0.3, 0.4) is 0 Å². The summed E-state index contributed by atoms with van der Waals surface area (Å²) in [5.74, 6) is -0.479. The van der Waals surface area contributed by atoms with Gasteiger partial charge in [-0.25, -0.2) is 4.39 Å². The lowest BCUT2D eigenvalue weighted by Crippen LogP contribution is -2.40. The zero-order valence-corrected chi connectivity index (χ0v) is 17.5. The van der Waals surface area contributed by atoms with Crippen molar-refractivity contribution in [2.45, 2.75) is 31.3 Å². The number of likely N-dealkylation sites (N-methyl/N-ethyl adjacent to an activating group) is 2. The average molecular weight is 413 g/mol. The number of hydrogen-bond acceptors (Lipinski definition) is 4. The summed E-state index contributed by atoms with van der Waals surface area (Å²) in [7, 11) is 3.40. The van der Waals surface area contributed by atoms with Gasteiger partial charge in [-0.1, -0.05) is 30.3 Å². The fourth-order valence-electron chi connectivity index (χ4n) is 3.65. The van der Waals surface area contributed by atoms with E-state index >= 15 is 0 Å². The first-order valence-corrected chi connectivity index (χ1v) is 10.2. The molecule has 1 fully saturated rings. The highest BCUT2D eigenvalue weighted by Gasteiger charge is 2.25. The number of benzene rings is 2. The Hall–Kier alpha value is -2.77. The van der Waals surface area contributed by atoms with Crippen molar-refractivity contribution in [3.05, 3.63) is 71.5 Å². The zero-order chi connectivity index (χ0) is 21.5. The molecule has 1 aliphatic heterocycles. The molecule has 2 aromatic carbocycles. The van der Waals surface area contributed by atoms with Crippen LogP contribution in [0.15, 0.2) is 54.6 Å². The van der Waals surface area contributed by atoms with E-state index in [1.165, 1.54) is 11.0 Å². The van der Waals surface area contributed by atoms with Crippen LogP contribution in [0.25, 0.3) is 0 Å². The van der Waals surface area contributed by atoms with Gasteiger partial charge in [-0.15, -0.1) is 0 Å². The van der Waals surface area contributed by atoms with Gasteiger partial charge in [0.2, 0.25) is 5.91 Å². The van der Waals surface area contributed by atoms with E-state index in [0.29, 0.717) is 12.1 Å². The smallest absolute Gasteiger partial charge is 0.254 e. The maximum Gasteiger partial charge on any atom is 0.254 e. The van der Waals surface area contributed by atoms with E-state index in [-0.39, 0.29) is 36.3 Å². The summed E-state index contributed by atoms with van der Waals surface area (Å²) in [6.45, 7) is 0.671. The van der Waals surface area contributed by atoms with E-state index in [9.17, 15) is 14.0 Å². The van der Waals surface area contributed by atoms with Crippen molar-refractivity contribution in [2.75, 3.05) is 27.2 Å². The quantitative estimate of drug-likeness (QED) is 0.700. The lowest BCUT2D eigenvalue weighted by molar-refractivity contribution is -0.130. The number of nitrogens with zero attached hydrogens (tertiary/aromatic N) is 2. The summed E-state index contributed by atoms with van der Waals surface area (Å²) in [6, 6.07) is 15.9. The zero-order valence-electron chi connectivity index (χ0n) is 17.5. The number of carbonyl (C=O) groups excluding carboxylic acids is 2. The minimum Gasteiger partial charge on any atom is -0.344 e. The Morgan fingerprint density at radius 2 is 1.80 bits per heavy atom. The van der Waals surface area contributed by atoms with E-state index in [2.05, 4.69) is 10.9 Å². The fourth-order valence-corrected chi connectivity index (χ4v) is 3.65. The van der Waals surface area contributed by atoms with Gasteiger partial charge in [0.1, 0.15) is 5.82 Å². The molecule has 2 amide bonds. The monoisotopic (exact) mass is 412 g/mol. The van der Waals surface area contributed by atoms with Crippen LogP contribution in [0, 0.1) is 5.82 Å². The summed E-state index contributed by atoms with van der Waals surface area (Å²) < 4.78 is 13.4. The first-order valence-electron chi connectivity index (χ1n) is 10.2. The van der Waals surface area contributed by atoms with E-state index in [0.717, 1.165) is 24.8 Å². The first-order chi connectivity index (χ1) is 14.4. The van der Waals surface area contributed by atoms with Crippen molar-refractivity contribution in [3.63, 3.8) is 0 Å². The molecule has 0 bridgehead atoms. The Kier molecular flexibility index (Phi) is 7.54. The fraction of sp³-hybridized carbons (Fsp3) is 0.391. The predicted octanol–water partition coefficient (Wildman–Crippen LogP) is 2.74. The molecular weight excluding hydrogens is 383 g/mol. The van der Waals surface area contributed by atoms with Crippen molar-refractivity contribution < 1.29 is 14.0 Å². The predicted molar refractivity (Wildman–Crippen MR) is 114 cm³/mol. The van der Waals surface area contributed by atoms with Crippen LogP contribution >= 0.6 is 0 Å². The summed E-state index contributed by atoms with van der Waals surface area (Å²) in [5.41, 5.74) is 7.99. The third-order valence-electron chi connectivity index (χ3n) is 5.44. The van der Waals surface area contributed by atoms with Gasteiger partial charge < -0.3 is 9.80 Å². The van der Waals surface area contributed by atoms with E-state index < -0.39 is 0 Å². The third kappa shape index (κ3) is 5.87. The highest BCUT2D eigenvalue weighted by molar-refractivity contribution is 5.96. The maximum absolute atomic E-state index is 13.4. The number of hydrogen-bond donors (Lipinski definition) is 2. The average Bonchev–Trinajstić information content (AvgIpc) is 3.22. The Labute approximate surface area is 177 Å². The van der Waals surface area contributed by atoms with E-state index in [4.69, 9.17) is 0 Å². The lowest BCUT2D eigenvalue weighted by atomic mass is 9.99. The second kappa shape index (κ2) is 10.3. The molecule has 2 aromatic rings. The van der Waals surface area contributed by atoms with Crippen molar-refractivity contribution in [3.8, 4) is 0 Å². The molecule has 0 saturated carbocycles. The van der Waals surface area contributed by atoms with Gasteiger partial charge in [-0.05, 0) is 49.1 Å². The van der Waals surface area contributed by atoms with Crippen molar-refractivity contribution >= 4 is 11.8 Å². The number of rotatable bonds is 8. The van der Waals surface area contributed by atoms with Crippen LogP contribution in [0.4, 0.5) is 4.39 Å². The molecule has 2 N–H and O–H groups in total. The summed E-state index contributed by atoms with van der Waals surface area (Å²) in [5, 5.41) is 0. The van der Waals surface area contributed by atoms with Gasteiger partial charge in [-0.3, -0.25) is 20.4 Å². The molecular formula is C23H29FN4O2. The largest absolute Gasteiger partial charge is 0.344 e. The molecule has 2 unspecified atom stereocenters. The van der Waals surface area contributed by atoms with Crippen LogP contribution in [0.1, 0.15) is 41.2 Å². The van der Waals surface area contributed by atoms with Gasteiger partial charge >= 0.3 is 0 Å². The van der Waals surface area contributed by atoms with Crippen LogP contribution in [0.2, 0.25) is 0 Å². The molecule has 0 spiro atoms. The summed E-state index contributed by atoms with van der Waals surface area (Å²) >= 11 is 0. The Morgan fingerprint density at radius 1 is 1.03 bits per heavy atom. The molecule has 7 heteroatoms. The molecule has 0 aliphatic carbocycles. The van der Waals surface area contributed by atoms with E-state index in [1.54, 1.807) is 55.4 Å². The molecule has 30 heavy (non-hydrogen) atoms. The molecule has 0 aromatic heterocycles. The normalized spacial score (nSPS) is 18.2. The molecule has 6 nitrogen and oxygen atoms in total. The van der Waals surface area contributed by atoms with Crippen LogP contribution in [-0.2, 0) is 4.79 Å². The van der Waals surface area contributed by atoms with Gasteiger partial charge in [0.05, 0.1) is 6.54 Å². The second-order valence-corrected chi connectivity index (χ2v) is 7.81. The topological polar surface area (TPSA) is 64.7 Å². The number of nitrogens with one attached hydrogen (secondary N) is 2. The lowest BCUT2D eigenvalue weighted by Gasteiger charge is -2.22. The summed E-state index contributed by atoms with van der Waals surface area (Å²) in [4.78, 5) is 27.9. The van der Waals surface area contributed by atoms with Gasteiger partial charge in [0.15, 0.2) is 0 Å². The number of hydrazine groups is 1. The van der Waals surface area contributed by atoms with Crippen LogP contribution in [-0.4, -0.2) is 54.8 Å². The molecule has 160 valence electrons. The minimum absolute atomic E-state index is 0.0507. The van der Waals surface area contributed by atoms with Crippen LogP contribution < -0.4 is 10.9 Å².